The van der Waals surface area contributed by atoms with Crippen LogP contribution in [0.25, 0.3) is 10.9 Å². The third-order valence-corrected chi connectivity index (χ3v) is 4.68. The number of carbonyl (C=O) groups excluding carboxylic acids is 2. The summed E-state index contributed by atoms with van der Waals surface area (Å²) in [5, 5.41) is 12.5. The Balaban J connectivity index is 1.68. The molecule has 0 bridgehead atoms. The van der Waals surface area contributed by atoms with E-state index in [4.69, 9.17) is 5.26 Å². The van der Waals surface area contributed by atoms with Crippen LogP contribution in [0, 0.1) is 14.9 Å². The summed E-state index contributed by atoms with van der Waals surface area (Å²) in [4.78, 5) is 29.1. The van der Waals surface area contributed by atoms with Crippen LogP contribution in [-0.2, 0) is 4.79 Å². The largest absolute Gasteiger partial charge is 0.360 e. The second-order valence-electron chi connectivity index (χ2n) is 5.45. The van der Waals surface area contributed by atoms with Crippen LogP contribution < -0.4 is 5.32 Å². The van der Waals surface area contributed by atoms with Crippen molar-refractivity contribution in [2.75, 3.05) is 13.1 Å². The molecular formula is C16H15IN4O2. The van der Waals surface area contributed by atoms with Crippen molar-refractivity contribution in [2.45, 2.75) is 18.9 Å². The lowest BCUT2D eigenvalue weighted by molar-refractivity contribution is -0.130. The Morgan fingerprint density at radius 1 is 1.48 bits per heavy atom. The van der Waals surface area contributed by atoms with Crippen molar-refractivity contribution in [3.8, 4) is 6.07 Å². The molecule has 2 N–H and O–H groups in total. The number of nitrogens with zero attached hydrogens (tertiary/aromatic N) is 2. The molecule has 2 heterocycles. The first-order valence-electron chi connectivity index (χ1n) is 7.34. The highest BCUT2D eigenvalue weighted by Gasteiger charge is 2.28. The summed E-state index contributed by atoms with van der Waals surface area (Å²) in [6.45, 7) is 0.492. The standard InChI is InChI=1S/C16H15IN4O2/c17-10-3-4-14-12(6-10)13(8-19-14)16(23)20-9-15(22)21-5-1-2-11(21)7-18/h3-4,6,8,11,19H,1-2,5,9H2,(H,20,23)/t11-/m0/s1. The van der Waals surface area contributed by atoms with E-state index in [1.807, 2.05) is 18.2 Å². The minimum absolute atomic E-state index is 0.0897. The lowest BCUT2D eigenvalue weighted by Gasteiger charge is -2.19. The van der Waals surface area contributed by atoms with Gasteiger partial charge >= 0.3 is 0 Å². The Kier molecular flexibility index (Phi) is 4.52. The molecule has 1 aromatic carbocycles. The number of hydrogen-bond donors (Lipinski definition) is 2. The third kappa shape index (κ3) is 3.17. The lowest BCUT2D eigenvalue weighted by atomic mass is 10.1. The Morgan fingerprint density at radius 3 is 3.09 bits per heavy atom. The van der Waals surface area contributed by atoms with E-state index in [1.54, 1.807) is 11.1 Å². The van der Waals surface area contributed by atoms with Crippen LogP contribution in [0.5, 0.6) is 0 Å². The topological polar surface area (TPSA) is 89.0 Å². The second-order valence-corrected chi connectivity index (χ2v) is 6.69. The monoisotopic (exact) mass is 422 g/mol. The molecule has 1 aliphatic heterocycles. The van der Waals surface area contributed by atoms with Crippen molar-refractivity contribution in [1.82, 2.24) is 15.2 Å². The SMILES string of the molecule is N#C[C@@H]1CCCN1C(=O)CNC(=O)c1c[nH]c2ccc(I)cc12. The Morgan fingerprint density at radius 2 is 2.30 bits per heavy atom. The van der Waals surface area contributed by atoms with E-state index >= 15 is 0 Å². The minimum atomic E-state index is -0.367. The maximum Gasteiger partial charge on any atom is 0.253 e. The number of halogens is 1. The molecule has 1 aromatic heterocycles. The quantitative estimate of drug-likeness (QED) is 0.742. The molecule has 2 aromatic rings. The predicted octanol–water partition coefficient (Wildman–Crippen LogP) is 2.02. The van der Waals surface area contributed by atoms with Gasteiger partial charge in [-0.1, -0.05) is 0 Å². The molecule has 1 saturated heterocycles. The first-order valence-corrected chi connectivity index (χ1v) is 8.42. The van der Waals surface area contributed by atoms with Crippen LogP contribution in [0.2, 0.25) is 0 Å². The van der Waals surface area contributed by atoms with Gasteiger partial charge in [-0.25, -0.2) is 0 Å². The van der Waals surface area contributed by atoms with Crippen LogP contribution in [0.3, 0.4) is 0 Å². The van der Waals surface area contributed by atoms with Crippen molar-refractivity contribution >= 4 is 45.3 Å². The fourth-order valence-electron chi connectivity index (χ4n) is 2.83. The van der Waals surface area contributed by atoms with Gasteiger partial charge in [-0.3, -0.25) is 9.59 Å². The van der Waals surface area contributed by atoms with Gasteiger partial charge in [-0.05, 0) is 53.6 Å². The van der Waals surface area contributed by atoms with Gasteiger partial charge in [0.05, 0.1) is 18.2 Å². The zero-order chi connectivity index (χ0) is 16.4. The van der Waals surface area contributed by atoms with Gasteiger partial charge in [0.25, 0.3) is 5.91 Å². The van der Waals surface area contributed by atoms with Gasteiger partial charge in [0, 0.05) is 27.2 Å². The third-order valence-electron chi connectivity index (χ3n) is 4.01. The molecule has 0 unspecified atom stereocenters. The number of H-pyrrole nitrogens is 1. The molecule has 3 rings (SSSR count). The van der Waals surface area contributed by atoms with Crippen LogP contribution in [0.4, 0.5) is 0 Å². The number of carbonyl (C=O) groups is 2. The summed E-state index contributed by atoms with van der Waals surface area (Å²) in [5.74, 6) is -0.504. The summed E-state index contributed by atoms with van der Waals surface area (Å²) in [6.07, 6.45) is 3.18. The summed E-state index contributed by atoms with van der Waals surface area (Å²) in [6, 6.07) is 7.56. The van der Waals surface area contributed by atoms with Gasteiger partial charge < -0.3 is 15.2 Å². The number of likely N-dealkylation sites (tertiary alicyclic amines) is 1. The molecule has 23 heavy (non-hydrogen) atoms. The van der Waals surface area contributed by atoms with Gasteiger partial charge in [0.2, 0.25) is 5.91 Å². The molecule has 118 valence electrons. The van der Waals surface area contributed by atoms with E-state index < -0.39 is 0 Å². The molecule has 7 heteroatoms. The minimum Gasteiger partial charge on any atom is -0.360 e. The summed E-state index contributed by atoms with van der Waals surface area (Å²) in [7, 11) is 0. The van der Waals surface area contributed by atoms with E-state index in [9.17, 15) is 9.59 Å². The molecule has 2 amide bonds. The number of nitriles is 1. The molecule has 6 nitrogen and oxygen atoms in total. The van der Waals surface area contributed by atoms with E-state index in [1.165, 1.54) is 0 Å². The van der Waals surface area contributed by atoms with E-state index in [0.29, 0.717) is 18.5 Å². The Hall–Kier alpha value is -2.08. The van der Waals surface area contributed by atoms with Crippen LogP contribution in [0.1, 0.15) is 23.2 Å². The molecule has 0 saturated carbocycles. The second kappa shape index (κ2) is 6.58. The average Bonchev–Trinajstić information content (AvgIpc) is 3.18. The highest BCUT2D eigenvalue weighted by atomic mass is 127. The highest BCUT2D eigenvalue weighted by Crippen LogP contribution is 2.21. The molecule has 1 fully saturated rings. The first kappa shape index (κ1) is 15.8. The number of aromatic amines is 1. The Labute approximate surface area is 147 Å². The van der Waals surface area contributed by atoms with Gasteiger partial charge in [-0.2, -0.15) is 5.26 Å². The van der Waals surface area contributed by atoms with Crippen molar-refractivity contribution in [3.05, 3.63) is 33.5 Å². The predicted molar refractivity (Wildman–Crippen MR) is 93.7 cm³/mol. The van der Waals surface area contributed by atoms with Crippen LogP contribution in [0.15, 0.2) is 24.4 Å². The fourth-order valence-corrected chi connectivity index (χ4v) is 3.32. The van der Waals surface area contributed by atoms with Crippen LogP contribution >= 0.6 is 22.6 Å². The zero-order valence-corrected chi connectivity index (χ0v) is 14.5. The molecule has 1 aliphatic rings. The van der Waals surface area contributed by atoms with Crippen molar-refractivity contribution in [3.63, 3.8) is 0 Å². The fraction of sp³-hybridized carbons (Fsp3) is 0.312. The smallest absolute Gasteiger partial charge is 0.253 e. The molecule has 0 spiro atoms. The number of rotatable bonds is 3. The van der Waals surface area contributed by atoms with Gasteiger partial charge in [-0.15, -0.1) is 0 Å². The summed E-state index contributed by atoms with van der Waals surface area (Å²) in [5.41, 5.74) is 1.40. The molecule has 0 aliphatic carbocycles. The van der Waals surface area contributed by atoms with Gasteiger partial charge in [0.1, 0.15) is 6.04 Å². The van der Waals surface area contributed by atoms with Crippen molar-refractivity contribution in [2.24, 2.45) is 0 Å². The zero-order valence-electron chi connectivity index (χ0n) is 12.3. The van der Waals surface area contributed by atoms with Crippen LogP contribution in [-0.4, -0.2) is 40.8 Å². The van der Waals surface area contributed by atoms with Crippen molar-refractivity contribution in [1.29, 1.82) is 5.26 Å². The number of hydrogen-bond acceptors (Lipinski definition) is 3. The average molecular weight is 422 g/mol. The Bertz CT molecular complexity index is 808. The number of amides is 2. The maximum atomic E-state index is 12.3. The van der Waals surface area contributed by atoms with E-state index in [0.717, 1.165) is 20.9 Å². The van der Waals surface area contributed by atoms with Crippen molar-refractivity contribution < 1.29 is 9.59 Å². The number of nitrogens with one attached hydrogen (secondary N) is 2. The van der Waals surface area contributed by atoms with E-state index in [2.05, 4.69) is 39.0 Å². The molecule has 0 radical (unpaired) electrons. The maximum absolute atomic E-state index is 12.3. The lowest BCUT2D eigenvalue weighted by Crippen LogP contribution is -2.42. The number of fused-ring (bicyclic) bond motifs is 1. The summed E-state index contributed by atoms with van der Waals surface area (Å²) >= 11 is 2.19. The first-order chi connectivity index (χ1) is 11.1. The number of aromatic nitrogens is 1. The number of benzene rings is 1. The normalized spacial score (nSPS) is 17.2. The molecule has 1 atom stereocenters. The van der Waals surface area contributed by atoms with Gasteiger partial charge in [0.15, 0.2) is 0 Å². The highest BCUT2D eigenvalue weighted by molar-refractivity contribution is 14.1. The summed E-state index contributed by atoms with van der Waals surface area (Å²) < 4.78 is 1.04. The molecular weight excluding hydrogens is 407 g/mol. The van der Waals surface area contributed by atoms with E-state index in [-0.39, 0.29) is 24.4 Å².